The van der Waals surface area contributed by atoms with Crippen molar-refractivity contribution >= 4 is 17.5 Å². The molecule has 160 valence electrons. The van der Waals surface area contributed by atoms with E-state index in [2.05, 4.69) is 15.2 Å². The van der Waals surface area contributed by atoms with E-state index < -0.39 is 22.7 Å². The van der Waals surface area contributed by atoms with Gasteiger partial charge in [-0.05, 0) is 56.0 Å². The van der Waals surface area contributed by atoms with E-state index in [9.17, 15) is 18.0 Å². The zero-order valence-corrected chi connectivity index (χ0v) is 17.1. The molecule has 0 bridgehead atoms. The second-order valence-electron chi connectivity index (χ2n) is 7.93. The average Bonchev–Trinajstić information content (AvgIpc) is 3.15. The maximum absolute atomic E-state index is 13.2. The number of fused-ring (bicyclic) bond motifs is 1. The lowest BCUT2D eigenvalue weighted by Gasteiger charge is -2.38. The summed E-state index contributed by atoms with van der Waals surface area (Å²) in [6.07, 6.45) is 4.17. The summed E-state index contributed by atoms with van der Waals surface area (Å²) in [6, 6.07) is 7.30. The van der Waals surface area contributed by atoms with E-state index in [-0.39, 0.29) is 17.6 Å². The van der Waals surface area contributed by atoms with E-state index in [1.54, 1.807) is 18.5 Å². The summed E-state index contributed by atoms with van der Waals surface area (Å²) in [6.45, 7) is 0.965. The highest BCUT2D eigenvalue weighted by Crippen LogP contribution is 2.39. The first-order chi connectivity index (χ1) is 14.4. The molecule has 0 aliphatic carbocycles. The first-order valence-electron chi connectivity index (χ1n) is 10.2. The molecule has 1 amide bonds. The van der Waals surface area contributed by atoms with Gasteiger partial charge in [-0.2, -0.15) is 13.2 Å². The number of hydrogen-bond donors (Lipinski definition) is 1. The molecule has 4 rings (SSSR count). The van der Waals surface area contributed by atoms with Gasteiger partial charge in [-0.3, -0.25) is 14.7 Å². The van der Waals surface area contributed by atoms with Crippen molar-refractivity contribution in [1.29, 1.82) is 0 Å². The monoisotopic (exact) mass is 437 g/mol. The van der Waals surface area contributed by atoms with Gasteiger partial charge in [-0.25, -0.2) is 0 Å². The Hall–Kier alpha value is -2.12. The fraction of sp³-hybridized carbons (Fsp3) is 0.455. The number of carbonyl (C=O) groups excluding carboxylic acids is 1. The summed E-state index contributed by atoms with van der Waals surface area (Å²) in [4.78, 5) is 19.7. The Balaban J connectivity index is 1.64. The van der Waals surface area contributed by atoms with Crippen LogP contribution in [0.1, 0.15) is 59.6 Å². The van der Waals surface area contributed by atoms with Crippen molar-refractivity contribution in [3.63, 3.8) is 0 Å². The first kappa shape index (κ1) is 21.1. The second kappa shape index (κ2) is 8.55. The van der Waals surface area contributed by atoms with E-state index in [1.807, 2.05) is 6.07 Å². The Morgan fingerprint density at radius 2 is 2.00 bits per heavy atom. The lowest BCUT2D eigenvalue weighted by molar-refractivity contribution is -0.137. The van der Waals surface area contributed by atoms with Crippen LogP contribution in [-0.2, 0) is 6.18 Å². The van der Waals surface area contributed by atoms with Crippen LogP contribution >= 0.6 is 11.6 Å². The Bertz CT molecular complexity index is 906. The van der Waals surface area contributed by atoms with Gasteiger partial charge in [-0.1, -0.05) is 30.2 Å². The van der Waals surface area contributed by atoms with Crippen molar-refractivity contribution in [2.24, 2.45) is 0 Å². The normalized spacial score (nSPS) is 23.1. The van der Waals surface area contributed by atoms with Gasteiger partial charge in [0, 0.05) is 24.5 Å². The first-order valence-corrected chi connectivity index (χ1v) is 10.6. The number of pyridine rings is 1. The SMILES string of the molecule is O=C(NC(c1cccnc1)[C@H]1CC[C@H]2CCCCN21)c1cccc(C(F)(F)F)c1Cl. The van der Waals surface area contributed by atoms with E-state index in [1.165, 1.54) is 18.6 Å². The summed E-state index contributed by atoms with van der Waals surface area (Å²) in [5, 5.41) is 2.40. The van der Waals surface area contributed by atoms with Crippen molar-refractivity contribution in [3.05, 3.63) is 64.4 Å². The Labute approximate surface area is 178 Å². The fourth-order valence-electron chi connectivity index (χ4n) is 4.76. The number of piperidine rings is 1. The van der Waals surface area contributed by atoms with Crippen LogP contribution in [0.4, 0.5) is 13.2 Å². The molecule has 3 heterocycles. The highest BCUT2D eigenvalue weighted by atomic mass is 35.5. The van der Waals surface area contributed by atoms with Crippen LogP contribution in [0.25, 0.3) is 0 Å². The third-order valence-corrected chi connectivity index (χ3v) is 6.57. The smallest absolute Gasteiger partial charge is 0.344 e. The standard InChI is InChI=1S/C22H23ClF3N3O/c23-19-16(7-3-8-17(19)22(24,25)26)21(30)28-20(14-5-4-11-27-13-14)18-10-9-15-6-1-2-12-29(15)18/h3-5,7-8,11,13,15,18,20H,1-2,6,9-10,12H2,(H,28,30)/t15-,18-,20?/m1/s1. The average molecular weight is 438 g/mol. The number of aromatic nitrogens is 1. The molecular weight excluding hydrogens is 415 g/mol. The van der Waals surface area contributed by atoms with E-state index >= 15 is 0 Å². The molecule has 3 atom stereocenters. The molecule has 1 aromatic heterocycles. The summed E-state index contributed by atoms with van der Waals surface area (Å²) >= 11 is 5.98. The highest BCUT2D eigenvalue weighted by molar-refractivity contribution is 6.34. The summed E-state index contributed by atoms with van der Waals surface area (Å²) in [7, 11) is 0. The van der Waals surface area contributed by atoms with Gasteiger partial charge in [0.25, 0.3) is 5.91 Å². The topological polar surface area (TPSA) is 45.2 Å². The number of nitrogens with one attached hydrogen (secondary N) is 1. The lowest BCUT2D eigenvalue weighted by Crippen LogP contribution is -2.47. The maximum Gasteiger partial charge on any atom is 0.417 e. The predicted octanol–water partition coefficient (Wildman–Crippen LogP) is 5.24. The van der Waals surface area contributed by atoms with Crippen molar-refractivity contribution in [2.45, 2.75) is 56.4 Å². The molecule has 8 heteroatoms. The van der Waals surface area contributed by atoms with Crippen molar-refractivity contribution in [1.82, 2.24) is 15.2 Å². The Morgan fingerprint density at radius 1 is 1.17 bits per heavy atom. The molecule has 1 aromatic carbocycles. The molecule has 2 saturated heterocycles. The summed E-state index contributed by atoms with van der Waals surface area (Å²) < 4.78 is 39.7. The molecule has 2 aliphatic heterocycles. The fourth-order valence-corrected chi connectivity index (χ4v) is 5.08. The molecule has 2 fully saturated rings. The highest BCUT2D eigenvalue weighted by Gasteiger charge is 2.41. The van der Waals surface area contributed by atoms with Crippen LogP contribution in [-0.4, -0.2) is 34.4 Å². The summed E-state index contributed by atoms with van der Waals surface area (Å²) in [5.74, 6) is -0.611. The van der Waals surface area contributed by atoms with Gasteiger partial charge in [0.2, 0.25) is 0 Å². The number of rotatable bonds is 4. The van der Waals surface area contributed by atoms with Crippen molar-refractivity contribution in [2.75, 3.05) is 6.54 Å². The minimum atomic E-state index is -4.62. The number of carbonyl (C=O) groups is 1. The van der Waals surface area contributed by atoms with Gasteiger partial charge in [-0.15, -0.1) is 0 Å². The van der Waals surface area contributed by atoms with Gasteiger partial charge in [0.05, 0.1) is 22.2 Å². The van der Waals surface area contributed by atoms with Crippen LogP contribution in [0.5, 0.6) is 0 Å². The van der Waals surface area contributed by atoms with Crippen LogP contribution in [0.15, 0.2) is 42.7 Å². The van der Waals surface area contributed by atoms with Crippen LogP contribution < -0.4 is 5.32 Å². The molecule has 1 N–H and O–H groups in total. The molecule has 0 radical (unpaired) electrons. The lowest BCUT2D eigenvalue weighted by atomic mass is 9.97. The second-order valence-corrected chi connectivity index (χ2v) is 8.31. The Kier molecular flexibility index (Phi) is 6.02. The third-order valence-electron chi connectivity index (χ3n) is 6.16. The number of nitrogens with zero attached hydrogens (tertiary/aromatic N) is 2. The summed E-state index contributed by atoms with van der Waals surface area (Å²) in [5.41, 5.74) is -0.342. The van der Waals surface area contributed by atoms with Crippen LogP contribution in [0.3, 0.4) is 0 Å². The zero-order valence-electron chi connectivity index (χ0n) is 16.3. The van der Waals surface area contributed by atoms with Gasteiger partial charge in [0.15, 0.2) is 0 Å². The number of alkyl halides is 3. The number of benzene rings is 1. The van der Waals surface area contributed by atoms with Crippen molar-refractivity contribution in [3.8, 4) is 0 Å². The van der Waals surface area contributed by atoms with E-state index in [0.717, 1.165) is 43.9 Å². The Morgan fingerprint density at radius 3 is 2.73 bits per heavy atom. The molecule has 4 nitrogen and oxygen atoms in total. The van der Waals surface area contributed by atoms with E-state index in [4.69, 9.17) is 11.6 Å². The number of hydrogen-bond acceptors (Lipinski definition) is 3. The van der Waals surface area contributed by atoms with Gasteiger partial charge in [0.1, 0.15) is 0 Å². The quantitative estimate of drug-likeness (QED) is 0.711. The molecular formula is C22H23ClF3N3O. The van der Waals surface area contributed by atoms with E-state index in [0.29, 0.717) is 6.04 Å². The van der Waals surface area contributed by atoms with Gasteiger partial charge >= 0.3 is 6.18 Å². The molecule has 30 heavy (non-hydrogen) atoms. The predicted molar refractivity (Wildman–Crippen MR) is 108 cm³/mol. The number of halogens is 4. The minimum absolute atomic E-state index is 0.0769. The third kappa shape index (κ3) is 4.18. The molecule has 0 saturated carbocycles. The van der Waals surface area contributed by atoms with Crippen molar-refractivity contribution < 1.29 is 18.0 Å². The largest absolute Gasteiger partial charge is 0.417 e. The molecule has 0 spiro atoms. The van der Waals surface area contributed by atoms with Crippen LogP contribution in [0, 0.1) is 0 Å². The maximum atomic E-state index is 13.2. The molecule has 2 aromatic rings. The molecule has 1 unspecified atom stereocenters. The minimum Gasteiger partial charge on any atom is -0.344 e. The zero-order chi connectivity index (χ0) is 21.3. The van der Waals surface area contributed by atoms with Gasteiger partial charge < -0.3 is 5.32 Å². The molecule has 2 aliphatic rings. The van der Waals surface area contributed by atoms with Crippen LogP contribution in [0.2, 0.25) is 5.02 Å². The number of amides is 1.